The molecule has 1 amide bonds. The molecule has 31 heavy (non-hydrogen) atoms. The second-order valence-electron chi connectivity index (χ2n) is 7.30. The van der Waals surface area contributed by atoms with Crippen LogP contribution < -0.4 is 10.6 Å². The normalized spacial score (nSPS) is 10.5. The van der Waals surface area contributed by atoms with E-state index in [0.717, 1.165) is 28.1 Å². The molecule has 0 aliphatic rings. The Morgan fingerprint density at radius 1 is 1.06 bits per heavy atom. The largest absolute Gasteiger partial charge is 0.345 e. The molecule has 2 aromatic carbocycles. The molecule has 156 valence electrons. The first kappa shape index (κ1) is 21.5. The molecule has 2 N–H and O–H groups in total. The highest BCUT2D eigenvalue weighted by molar-refractivity contribution is 5.91. The van der Waals surface area contributed by atoms with Crippen LogP contribution in [0.2, 0.25) is 0 Å². The van der Waals surface area contributed by atoms with Crippen molar-refractivity contribution in [3.8, 4) is 6.07 Å². The number of carbonyl (C=O) groups is 1. The number of hydrogen-bond acceptors (Lipinski definition) is 6. The number of aromatic nitrogens is 2. The van der Waals surface area contributed by atoms with Gasteiger partial charge >= 0.3 is 0 Å². The van der Waals surface area contributed by atoms with E-state index in [0.29, 0.717) is 17.3 Å². The minimum atomic E-state index is -0.0548. The quantitative estimate of drug-likeness (QED) is 0.577. The van der Waals surface area contributed by atoms with Crippen molar-refractivity contribution in [2.45, 2.75) is 13.8 Å². The van der Waals surface area contributed by atoms with Crippen molar-refractivity contribution in [1.29, 1.82) is 5.26 Å². The fourth-order valence-corrected chi connectivity index (χ4v) is 2.98. The zero-order valence-electron chi connectivity index (χ0n) is 18.0. The van der Waals surface area contributed by atoms with Crippen molar-refractivity contribution in [3.63, 3.8) is 0 Å². The van der Waals surface area contributed by atoms with Crippen LogP contribution in [0.1, 0.15) is 22.3 Å². The zero-order valence-corrected chi connectivity index (χ0v) is 18.0. The summed E-state index contributed by atoms with van der Waals surface area (Å²) in [6.07, 6.45) is 5.05. The third kappa shape index (κ3) is 5.67. The molecule has 0 aliphatic carbocycles. The average Bonchev–Trinajstić information content (AvgIpc) is 2.75. The lowest BCUT2D eigenvalue weighted by molar-refractivity contribution is -0.123. The van der Waals surface area contributed by atoms with Crippen LogP contribution >= 0.6 is 0 Å². The second-order valence-corrected chi connectivity index (χ2v) is 7.30. The summed E-state index contributed by atoms with van der Waals surface area (Å²) in [4.78, 5) is 22.1. The molecule has 1 aromatic heterocycles. The summed E-state index contributed by atoms with van der Waals surface area (Å²) in [6.45, 7) is 4.02. The summed E-state index contributed by atoms with van der Waals surface area (Å²) in [5.41, 5.74) is 5.39. The molecule has 0 aliphatic heterocycles. The Morgan fingerprint density at radius 3 is 2.35 bits per heavy atom. The lowest BCUT2D eigenvalue weighted by Gasteiger charge is -2.14. The molecule has 0 spiro atoms. The van der Waals surface area contributed by atoms with Crippen molar-refractivity contribution < 1.29 is 4.79 Å². The smallest absolute Gasteiger partial charge is 0.246 e. The summed E-state index contributed by atoms with van der Waals surface area (Å²) in [5, 5.41) is 15.4. The molecule has 0 unspecified atom stereocenters. The number of benzene rings is 2. The Hall–Kier alpha value is -4.18. The van der Waals surface area contributed by atoms with Gasteiger partial charge in [0.15, 0.2) is 0 Å². The first-order chi connectivity index (χ1) is 14.9. The van der Waals surface area contributed by atoms with E-state index in [1.165, 1.54) is 4.90 Å². The number of nitriles is 1. The van der Waals surface area contributed by atoms with Crippen LogP contribution in [0.4, 0.5) is 23.1 Å². The van der Waals surface area contributed by atoms with Gasteiger partial charge in [0, 0.05) is 37.7 Å². The minimum Gasteiger partial charge on any atom is -0.345 e. The van der Waals surface area contributed by atoms with Gasteiger partial charge in [-0.2, -0.15) is 10.2 Å². The first-order valence-electron chi connectivity index (χ1n) is 9.73. The third-order valence-electron chi connectivity index (χ3n) is 4.59. The third-order valence-corrected chi connectivity index (χ3v) is 4.59. The summed E-state index contributed by atoms with van der Waals surface area (Å²) < 4.78 is 0. The molecule has 7 nitrogen and oxygen atoms in total. The van der Waals surface area contributed by atoms with Crippen LogP contribution in [0.3, 0.4) is 0 Å². The minimum absolute atomic E-state index is 0.0548. The van der Waals surface area contributed by atoms with Gasteiger partial charge < -0.3 is 15.5 Å². The lowest BCUT2D eigenvalue weighted by atomic mass is 10.0. The van der Waals surface area contributed by atoms with Crippen molar-refractivity contribution in [2.75, 3.05) is 24.7 Å². The second kappa shape index (κ2) is 9.55. The Bertz CT molecular complexity index is 1140. The molecule has 0 fully saturated rings. The highest BCUT2D eigenvalue weighted by atomic mass is 16.2. The number of anilines is 4. The van der Waals surface area contributed by atoms with E-state index in [1.807, 2.05) is 44.2 Å². The number of nitrogens with zero attached hydrogens (tertiary/aromatic N) is 4. The van der Waals surface area contributed by atoms with E-state index in [-0.39, 0.29) is 5.91 Å². The molecule has 3 aromatic rings. The molecule has 0 radical (unpaired) electrons. The van der Waals surface area contributed by atoms with Gasteiger partial charge in [0.25, 0.3) is 0 Å². The lowest BCUT2D eigenvalue weighted by Crippen LogP contribution is -2.18. The molecular weight excluding hydrogens is 388 g/mol. The Balaban J connectivity index is 1.77. The Morgan fingerprint density at radius 2 is 1.74 bits per heavy atom. The number of rotatable bonds is 6. The van der Waals surface area contributed by atoms with Gasteiger partial charge in [-0.15, -0.1) is 0 Å². The van der Waals surface area contributed by atoms with Crippen LogP contribution in [0.15, 0.2) is 54.7 Å². The van der Waals surface area contributed by atoms with Gasteiger partial charge in [-0.1, -0.05) is 0 Å². The fourth-order valence-electron chi connectivity index (χ4n) is 2.98. The zero-order chi connectivity index (χ0) is 22.4. The SMILES string of the molecule is Cc1cc(/C=C/C(=O)N(C)C)cc(C)c1Nc1ccnc(Nc2ccc(C#N)cc2)n1. The maximum Gasteiger partial charge on any atom is 0.246 e. The van der Waals surface area contributed by atoms with Gasteiger partial charge in [-0.05, 0) is 79.1 Å². The van der Waals surface area contributed by atoms with Crippen LogP contribution in [0, 0.1) is 25.2 Å². The van der Waals surface area contributed by atoms with E-state index in [9.17, 15) is 4.79 Å². The van der Waals surface area contributed by atoms with Crippen LogP contribution in [0.25, 0.3) is 6.08 Å². The van der Waals surface area contributed by atoms with Crippen molar-refractivity contribution in [3.05, 3.63) is 77.0 Å². The topological polar surface area (TPSA) is 93.9 Å². The number of aryl methyl sites for hydroxylation is 2. The number of likely N-dealkylation sites (N-methyl/N-ethyl adjacent to an activating group) is 1. The summed E-state index contributed by atoms with van der Waals surface area (Å²) in [5.74, 6) is 1.05. The van der Waals surface area contributed by atoms with Gasteiger partial charge in [0.2, 0.25) is 11.9 Å². The number of amides is 1. The maximum atomic E-state index is 11.8. The predicted octanol–water partition coefficient (Wildman–Crippen LogP) is 4.55. The molecule has 1 heterocycles. The van der Waals surface area contributed by atoms with E-state index in [2.05, 4.69) is 26.7 Å². The predicted molar refractivity (Wildman–Crippen MR) is 123 cm³/mol. The Kier molecular flexibility index (Phi) is 6.63. The van der Waals surface area contributed by atoms with Crippen molar-refractivity contribution in [2.24, 2.45) is 0 Å². The highest BCUT2D eigenvalue weighted by Gasteiger charge is 2.08. The van der Waals surface area contributed by atoms with Gasteiger partial charge in [-0.25, -0.2) is 4.98 Å². The van der Waals surface area contributed by atoms with Crippen molar-refractivity contribution >= 4 is 35.1 Å². The van der Waals surface area contributed by atoms with Crippen LogP contribution in [-0.2, 0) is 4.79 Å². The molecule has 7 heteroatoms. The van der Waals surface area contributed by atoms with Crippen LogP contribution in [0.5, 0.6) is 0 Å². The van der Waals surface area contributed by atoms with Gasteiger partial charge in [0.05, 0.1) is 11.6 Å². The highest BCUT2D eigenvalue weighted by Crippen LogP contribution is 2.26. The standard InChI is InChI=1S/C24H24N6O/c1-16-13-19(7-10-22(31)30(3)4)14-17(2)23(16)28-21-11-12-26-24(29-21)27-20-8-5-18(15-25)6-9-20/h5-14H,1-4H3,(H2,26,27,28,29)/b10-7+. The van der Waals surface area contributed by atoms with E-state index < -0.39 is 0 Å². The summed E-state index contributed by atoms with van der Waals surface area (Å²) in [6, 6.07) is 15.0. The molecule has 0 saturated carbocycles. The first-order valence-corrected chi connectivity index (χ1v) is 9.73. The molecule has 0 saturated heterocycles. The molecule has 0 atom stereocenters. The number of hydrogen-bond donors (Lipinski definition) is 2. The van der Waals surface area contributed by atoms with E-state index in [4.69, 9.17) is 5.26 Å². The number of carbonyl (C=O) groups excluding carboxylic acids is 1. The monoisotopic (exact) mass is 412 g/mol. The molecular formula is C24H24N6O. The van der Waals surface area contributed by atoms with Gasteiger partial charge in [0.1, 0.15) is 5.82 Å². The van der Waals surface area contributed by atoms with E-state index in [1.54, 1.807) is 44.6 Å². The van der Waals surface area contributed by atoms with Crippen LogP contribution in [-0.4, -0.2) is 34.9 Å². The Labute approximate surface area is 182 Å². The van der Waals surface area contributed by atoms with E-state index >= 15 is 0 Å². The summed E-state index contributed by atoms with van der Waals surface area (Å²) in [7, 11) is 3.45. The van der Waals surface area contributed by atoms with Crippen molar-refractivity contribution in [1.82, 2.24) is 14.9 Å². The molecule has 3 rings (SSSR count). The van der Waals surface area contributed by atoms with Gasteiger partial charge in [-0.3, -0.25) is 4.79 Å². The average molecular weight is 412 g/mol. The molecule has 0 bridgehead atoms. The maximum absolute atomic E-state index is 11.8. The number of nitrogens with one attached hydrogen (secondary N) is 2. The summed E-state index contributed by atoms with van der Waals surface area (Å²) >= 11 is 0. The fraction of sp³-hybridized carbons (Fsp3) is 0.167.